The van der Waals surface area contributed by atoms with Gasteiger partial charge in [-0.2, -0.15) is 5.26 Å². The lowest BCUT2D eigenvalue weighted by Gasteiger charge is -2.30. The van der Waals surface area contributed by atoms with Crippen LogP contribution in [0.4, 0.5) is 5.82 Å². The second-order valence-electron chi connectivity index (χ2n) is 11.7. The highest BCUT2D eigenvalue weighted by Crippen LogP contribution is 2.36. The van der Waals surface area contributed by atoms with E-state index in [0.29, 0.717) is 11.6 Å². The Morgan fingerprint density at radius 3 is 1.70 bits per heavy atom. The van der Waals surface area contributed by atoms with Gasteiger partial charge in [-0.1, -0.05) is 48.1 Å². The molecule has 0 radical (unpaired) electrons. The highest BCUT2D eigenvalue weighted by atomic mass is 15.1. The molecule has 188 valence electrons. The molecule has 0 aliphatic rings. The predicted molar refractivity (Wildman–Crippen MR) is 143 cm³/mol. The lowest BCUT2D eigenvalue weighted by Crippen LogP contribution is -2.26. The van der Waals surface area contributed by atoms with Gasteiger partial charge >= 0.3 is 0 Å². The molecule has 37 heavy (non-hydrogen) atoms. The summed E-state index contributed by atoms with van der Waals surface area (Å²) in [5, 5.41) is 9.33. The van der Waals surface area contributed by atoms with E-state index < -0.39 is 5.41 Å². The summed E-state index contributed by atoms with van der Waals surface area (Å²) >= 11 is 0. The summed E-state index contributed by atoms with van der Waals surface area (Å²) in [4.78, 5) is 21.4. The minimum Gasteiger partial charge on any atom is -0.359 e. The zero-order chi connectivity index (χ0) is 28.9. The minimum atomic E-state index is -0.696. The Labute approximate surface area is 221 Å². The third-order valence-electron chi connectivity index (χ3n) is 6.39. The number of pyridine rings is 2. The number of nitrogens with zero attached hydrogens (tertiary/aromatic N) is 8. The van der Waals surface area contributed by atoms with Gasteiger partial charge in [0, 0.05) is 17.8 Å². The fourth-order valence-electron chi connectivity index (χ4n) is 3.82. The van der Waals surface area contributed by atoms with Crippen LogP contribution < -0.4 is 0 Å². The minimum absolute atomic E-state index is 0.0150. The smallest absolute Gasteiger partial charge is 0.287 e. The molecule has 8 nitrogen and oxygen atoms in total. The molecule has 0 saturated heterocycles. The van der Waals surface area contributed by atoms with Crippen molar-refractivity contribution < 1.29 is 2.74 Å². The normalized spacial score (nSPS) is 13.0. The lowest BCUT2D eigenvalue weighted by molar-refractivity contribution is 0.554. The van der Waals surface area contributed by atoms with Gasteiger partial charge in [0.05, 0.1) is 14.1 Å². The van der Waals surface area contributed by atoms with E-state index >= 15 is 0 Å². The van der Waals surface area contributed by atoms with Gasteiger partial charge in [0.1, 0.15) is 24.0 Å². The molecule has 4 rings (SSSR count). The average molecular weight is 495 g/mol. The van der Waals surface area contributed by atoms with Crippen LogP contribution in [0.5, 0.6) is 0 Å². The van der Waals surface area contributed by atoms with Crippen molar-refractivity contribution in [2.24, 2.45) is 0 Å². The van der Waals surface area contributed by atoms with Crippen molar-refractivity contribution in [2.75, 3.05) is 0 Å². The molecular formula is C29H32N8. The van der Waals surface area contributed by atoms with Gasteiger partial charge in [-0.05, 0) is 60.1 Å². The Kier molecular flexibility index (Phi) is 5.61. The number of hydrogen-bond acceptors (Lipinski definition) is 5. The van der Waals surface area contributed by atoms with Crippen LogP contribution in [0, 0.1) is 17.9 Å². The van der Waals surface area contributed by atoms with E-state index in [2.05, 4.69) is 68.5 Å². The number of hydrogen-bond donors (Lipinski definition) is 0. The molecular weight excluding hydrogens is 460 g/mol. The van der Waals surface area contributed by atoms with E-state index in [1.54, 1.807) is 0 Å². The standard InChI is InChI=1S/C29H32N8/c1-27(2,3)19-10-22(34-25(12-19)36-15-21(14-30)32-17-36)29(7,8)23-11-20(28(4,5)6)13-26(35-23)37-16-24(31-9)33-18-37/h10-13,15-18H,1-8H3/i15D,16D. The molecule has 4 aromatic heterocycles. The summed E-state index contributed by atoms with van der Waals surface area (Å²) in [7, 11) is 0. The predicted octanol–water partition coefficient (Wildman–Crippen LogP) is 6.19. The van der Waals surface area contributed by atoms with Crippen LogP contribution in [0.25, 0.3) is 16.5 Å². The zero-order valence-corrected chi connectivity index (χ0v) is 22.5. The van der Waals surface area contributed by atoms with Crippen LogP contribution >= 0.6 is 0 Å². The highest BCUT2D eigenvalue weighted by molar-refractivity contribution is 5.45. The molecule has 4 heterocycles. The summed E-state index contributed by atoms with van der Waals surface area (Å²) in [5.74, 6) is 1.03. The molecule has 0 N–H and O–H groups in total. The number of rotatable bonds is 4. The van der Waals surface area contributed by atoms with Gasteiger partial charge in [-0.15, -0.1) is 4.98 Å². The molecule has 0 atom stereocenters. The summed E-state index contributed by atoms with van der Waals surface area (Å²) in [6.07, 6.45) is 2.87. The van der Waals surface area contributed by atoms with Crippen molar-refractivity contribution in [3.05, 3.63) is 88.9 Å². The molecule has 0 fully saturated rings. The van der Waals surface area contributed by atoms with E-state index in [4.69, 9.17) is 19.3 Å². The molecule has 0 aromatic carbocycles. The topological polar surface area (TPSA) is 89.6 Å². The molecule has 4 aromatic rings. The molecule has 0 amide bonds. The monoisotopic (exact) mass is 494 g/mol. The second kappa shape index (κ2) is 8.97. The summed E-state index contributed by atoms with van der Waals surface area (Å²) in [6.45, 7) is 24.1. The van der Waals surface area contributed by atoms with E-state index in [1.807, 2.05) is 32.0 Å². The fourth-order valence-corrected chi connectivity index (χ4v) is 3.82. The third kappa shape index (κ3) is 5.15. The first-order valence-corrected chi connectivity index (χ1v) is 12.0. The van der Waals surface area contributed by atoms with Crippen molar-refractivity contribution in [1.82, 2.24) is 29.1 Å². The van der Waals surface area contributed by atoms with Gasteiger partial charge in [-0.3, -0.25) is 9.13 Å². The van der Waals surface area contributed by atoms with Gasteiger partial charge in [0.15, 0.2) is 12.0 Å². The van der Waals surface area contributed by atoms with Crippen molar-refractivity contribution in [1.29, 1.82) is 5.26 Å². The molecule has 0 spiro atoms. The number of imidazole rings is 2. The van der Waals surface area contributed by atoms with Crippen LogP contribution in [0.3, 0.4) is 0 Å². The van der Waals surface area contributed by atoms with Gasteiger partial charge in [0.2, 0.25) is 0 Å². The molecule has 0 aliphatic carbocycles. The van der Waals surface area contributed by atoms with Crippen LogP contribution in [0.15, 0.2) is 49.3 Å². The van der Waals surface area contributed by atoms with Crippen LogP contribution in [0.1, 0.15) is 86.3 Å². The molecule has 0 unspecified atom stereocenters. The number of nitriles is 1. The molecule has 0 bridgehead atoms. The summed E-state index contributed by atoms with van der Waals surface area (Å²) < 4.78 is 19.9. The first kappa shape index (κ1) is 23.1. The van der Waals surface area contributed by atoms with Gasteiger partial charge in [-0.25, -0.2) is 15.0 Å². The van der Waals surface area contributed by atoms with Crippen molar-refractivity contribution in [3.63, 3.8) is 0 Å². The maximum atomic E-state index is 9.33. The summed E-state index contributed by atoms with van der Waals surface area (Å²) in [6, 6.07) is 9.93. The molecule has 8 heteroatoms. The Balaban J connectivity index is 1.97. The van der Waals surface area contributed by atoms with Gasteiger partial charge in [0.25, 0.3) is 5.82 Å². The maximum absolute atomic E-state index is 9.33. The van der Waals surface area contributed by atoms with E-state index in [9.17, 15) is 5.26 Å². The summed E-state index contributed by atoms with van der Waals surface area (Å²) in [5.41, 5.74) is 2.40. The Hall–Kier alpha value is -4.30. The molecule has 0 aliphatic heterocycles. The SMILES string of the molecule is [2H]c1c(C#N)ncn1-c1cc(C(C)(C)C)cc(C(C)(C)c2cc(C(C)(C)C)cc(-n3cnc([N+]#[C-])c3[2H])n2)n1. The Morgan fingerprint density at radius 1 is 0.811 bits per heavy atom. The Morgan fingerprint density at radius 2 is 1.30 bits per heavy atom. The maximum Gasteiger partial charge on any atom is 0.287 e. The van der Waals surface area contributed by atoms with Crippen LogP contribution in [0.2, 0.25) is 0 Å². The van der Waals surface area contributed by atoms with Crippen molar-refractivity contribution in [3.8, 4) is 17.7 Å². The average Bonchev–Trinajstić information content (AvgIpc) is 3.43. The third-order valence-corrected chi connectivity index (χ3v) is 6.39. The van der Waals surface area contributed by atoms with Crippen LogP contribution in [-0.4, -0.2) is 29.1 Å². The van der Waals surface area contributed by atoms with Crippen LogP contribution in [-0.2, 0) is 16.2 Å². The highest BCUT2D eigenvalue weighted by Gasteiger charge is 2.31. The largest absolute Gasteiger partial charge is 0.359 e. The van der Waals surface area contributed by atoms with E-state index in [-0.39, 0.29) is 34.7 Å². The first-order valence-electron chi connectivity index (χ1n) is 13.0. The quantitative estimate of drug-likeness (QED) is 0.316. The molecule has 0 saturated carbocycles. The van der Waals surface area contributed by atoms with E-state index in [1.165, 1.54) is 21.8 Å². The Bertz CT molecular complexity index is 1530. The zero-order valence-electron chi connectivity index (χ0n) is 24.5. The van der Waals surface area contributed by atoms with E-state index in [0.717, 1.165) is 22.5 Å². The lowest BCUT2D eigenvalue weighted by atomic mass is 9.78. The number of aromatic nitrogens is 6. The second-order valence-corrected chi connectivity index (χ2v) is 11.7. The first-order chi connectivity index (χ1) is 18.1. The van der Waals surface area contributed by atoms with Crippen molar-refractivity contribution >= 4 is 5.82 Å². The van der Waals surface area contributed by atoms with Crippen molar-refractivity contribution in [2.45, 2.75) is 71.6 Å². The fraction of sp³-hybridized carbons (Fsp3) is 0.379. The van der Waals surface area contributed by atoms with Gasteiger partial charge < -0.3 is 4.85 Å².